The van der Waals surface area contributed by atoms with Crippen LogP contribution in [0.2, 0.25) is 0 Å². The fraction of sp³-hybridized carbons (Fsp3) is 0.125. The van der Waals surface area contributed by atoms with Gasteiger partial charge in [-0.05, 0) is 75.0 Å². The predicted octanol–water partition coefficient (Wildman–Crippen LogP) is 12.9. The predicted molar refractivity (Wildman–Crippen MR) is 222 cm³/mol. The van der Waals surface area contributed by atoms with E-state index in [9.17, 15) is 0 Å². The van der Waals surface area contributed by atoms with Gasteiger partial charge in [-0.3, -0.25) is 4.98 Å². The number of fused-ring (bicyclic) bond motifs is 2. The van der Waals surface area contributed by atoms with Crippen LogP contribution in [0.5, 0.6) is 0 Å². The number of hydrogen-bond acceptors (Lipinski definition) is 3. The molecular weight excluding hydrogens is 619 g/mol. The van der Waals surface area contributed by atoms with Gasteiger partial charge < -0.3 is 5.32 Å². The van der Waals surface area contributed by atoms with Crippen LogP contribution in [-0.4, -0.2) is 10.8 Å². The van der Waals surface area contributed by atoms with Gasteiger partial charge >= 0.3 is 0 Å². The van der Waals surface area contributed by atoms with Crippen LogP contribution in [0.3, 0.4) is 0 Å². The molecule has 1 aliphatic rings. The van der Waals surface area contributed by atoms with Gasteiger partial charge in [0.05, 0.1) is 5.70 Å². The van der Waals surface area contributed by atoms with Crippen molar-refractivity contribution in [1.82, 2.24) is 10.3 Å². The zero-order chi connectivity index (χ0) is 33.3. The summed E-state index contributed by atoms with van der Waals surface area (Å²) in [6, 6.07) is 42.6. The molecule has 0 saturated carbocycles. The Labute approximate surface area is 303 Å². The quantitative estimate of drug-likeness (QED) is 0.130. The lowest BCUT2D eigenvalue weighted by Gasteiger charge is -2.18. The molecule has 0 radical (unpaired) electrons. The number of pyridine rings is 1. The fourth-order valence-corrected chi connectivity index (χ4v) is 6.54. The second kappa shape index (κ2) is 17.6. The SMILES string of the molecule is C.C.CC\C=C/C=C(\C=C\C1=C/CC(c2ccccc2)C=CNC(c2ccccc2)=N1)c1c2ccccc2c(-c2cccnc2)c2ccccc12. The Kier molecular flexibility index (Phi) is 12.5. The van der Waals surface area contributed by atoms with E-state index in [0.717, 1.165) is 41.1 Å². The number of hydrogen-bond donors (Lipinski definition) is 1. The van der Waals surface area contributed by atoms with Gasteiger partial charge in [0.1, 0.15) is 5.84 Å². The second-order valence-corrected chi connectivity index (χ2v) is 12.1. The lowest BCUT2D eigenvalue weighted by atomic mass is 9.86. The van der Waals surface area contributed by atoms with Crippen molar-refractivity contribution in [3.63, 3.8) is 0 Å². The molecule has 0 bridgehead atoms. The summed E-state index contributed by atoms with van der Waals surface area (Å²) < 4.78 is 0. The molecule has 1 N–H and O–H groups in total. The van der Waals surface area contributed by atoms with Gasteiger partial charge in [-0.2, -0.15) is 0 Å². The first kappa shape index (κ1) is 36.2. The van der Waals surface area contributed by atoms with Crippen molar-refractivity contribution in [2.75, 3.05) is 0 Å². The van der Waals surface area contributed by atoms with E-state index in [1.54, 1.807) is 0 Å². The Morgan fingerprint density at radius 1 is 0.745 bits per heavy atom. The Balaban J connectivity index is 0.00000252. The van der Waals surface area contributed by atoms with Gasteiger partial charge in [0, 0.05) is 29.4 Å². The number of rotatable bonds is 8. The Hall–Kier alpha value is -6.06. The Morgan fingerprint density at radius 2 is 1.37 bits per heavy atom. The first-order valence-corrected chi connectivity index (χ1v) is 17.0. The van der Waals surface area contributed by atoms with Crippen molar-refractivity contribution in [2.45, 2.75) is 40.5 Å². The summed E-state index contributed by atoms with van der Waals surface area (Å²) in [5.41, 5.74) is 7.86. The standard InChI is InChI=1S/C46H39N3.2CH4/c1-2-3-6-18-36(44-40-22-11-13-24-42(40)45(38-21-15-31-47-33-38)43-25-14-12-23-41(43)44)27-29-39-28-26-35(34-16-7-4-8-17-34)30-32-48-46(49-39)37-19-9-5-10-20-37;;/h3-25,27-33,35H,2,26H2,1H3,(H,48,49);2*1H4/b6-3-,29-27+,32-30?,36-18+,39-28+;;. The Morgan fingerprint density at radius 3 is 2.02 bits per heavy atom. The van der Waals surface area contributed by atoms with E-state index in [0.29, 0.717) is 0 Å². The Bertz CT molecular complexity index is 2180. The van der Waals surface area contributed by atoms with Crippen molar-refractivity contribution in [3.05, 3.63) is 205 Å². The zero-order valence-corrected chi connectivity index (χ0v) is 27.7. The summed E-state index contributed by atoms with van der Waals surface area (Å²) in [6.07, 6.45) is 23.1. The molecule has 1 unspecified atom stereocenters. The average molecular weight is 666 g/mol. The van der Waals surface area contributed by atoms with Crippen molar-refractivity contribution in [3.8, 4) is 11.1 Å². The third kappa shape index (κ3) is 8.22. The van der Waals surface area contributed by atoms with E-state index in [4.69, 9.17) is 4.99 Å². The van der Waals surface area contributed by atoms with E-state index in [2.05, 4.69) is 157 Å². The summed E-state index contributed by atoms with van der Waals surface area (Å²) in [5, 5.41) is 8.31. The summed E-state index contributed by atoms with van der Waals surface area (Å²) in [6.45, 7) is 2.17. The monoisotopic (exact) mass is 665 g/mol. The molecule has 254 valence electrons. The molecule has 51 heavy (non-hydrogen) atoms. The highest BCUT2D eigenvalue weighted by molar-refractivity contribution is 6.19. The number of benzene rings is 5. The van der Waals surface area contributed by atoms with E-state index in [-0.39, 0.29) is 20.8 Å². The number of nitrogens with one attached hydrogen (secondary N) is 1. The normalized spacial score (nSPS) is 15.9. The van der Waals surface area contributed by atoms with Crippen molar-refractivity contribution in [1.29, 1.82) is 0 Å². The molecule has 0 saturated heterocycles. The molecule has 7 rings (SSSR count). The number of allylic oxidation sites excluding steroid dienone is 8. The molecule has 3 heteroatoms. The van der Waals surface area contributed by atoms with Crippen LogP contribution in [0, 0.1) is 0 Å². The van der Waals surface area contributed by atoms with Gasteiger partial charge in [-0.15, -0.1) is 0 Å². The minimum Gasteiger partial charge on any atom is -0.346 e. The highest BCUT2D eigenvalue weighted by Crippen LogP contribution is 2.42. The second-order valence-electron chi connectivity index (χ2n) is 12.1. The van der Waals surface area contributed by atoms with Gasteiger partial charge in [0.15, 0.2) is 0 Å². The summed E-state index contributed by atoms with van der Waals surface area (Å²) in [5.74, 6) is 1.03. The molecule has 1 aromatic heterocycles. The molecule has 0 amide bonds. The van der Waals surface area contributed by atoms with Crippen molar-refractivity contribution >= 4 is 33.0 Å². The minimum atomic E-state index is 0. The topological polar surface area (TPSA) is 37.3 Å². The van der Waals surface area contributed by atoms with E-state index in [1.807, 2.05) is 42.9 Å². The first-order chi connectivity index (χ1) is 24.3. The van der Waals surface area contributed by atoms with Crippen LogP contribution in [0.15, 0.2) is 193 Å². The van der Waals surface area contributed by atoms with Crippen molar-refractivity contribution in [2.24, 2.45) is 4.99 Å². The molecule has 1 aliphatic heterocycles. The van der Waals surface area contributed by atoms with Gasteiger partial charge in [0.2, 0.25) is 0 Å². The summed E-state index contributed by atoms with van der Waals surface area (Å²) in [4.78, 5) is 9.69. The van der Waals surface area contributed by atoms with Crippen LogP contribution < -0.4 is 5.32 Å². The number of nitrogens with zero attached hydrogens (tertiary/aromatic N) is 2. The zero-order valence-electron chi connectivity index (χ0n) is 27.7. The number of aromatic nitrogens is 1. The smallest absolute Gasteiger partial charge is 0.137 e. The third-order valence-electron chi connectivity index (χ3n) is 8.90. The molecule has 0 fully saturated rings. The van der Waals surface area contributed by atoms with Crippen LogP contribution >= 0.6 is 0 Å². The highest BCUT2D eigenvalue weighted by Gasteiger charge is 2.17. The van der Waals surface area contributed by atoms with Crippen LogP contribution in [0.4, 0.5) is 0 Å². The maximum atomic E-state index is 5.21. The molecule has 0 spiro atoms. The number of amidine groups is 1. The fourth-order valence-electron chi connectivity index (χ4n) is 6.54. The molecule has 1 atom stereocenters. The molecule has 2 heterocycles. The molecular formula is C48H47N3. The van der Waals surface area contributed by atoms with Gasteiger partial charge in [-0.1, -0.05) is 173 Å². The summed E-state index contributed by atoms with van der Waals surface area (Å²) in [7, 11) is 0. The molecule has 3 nitrogen and oxygen atoms in total. The maximum Gasteiger partial charge on any atom is 0.137 e. The lowest BCUT2D eigenvalue weighted by Crippen LogP contribution is -2.18. The molecule has 6 aromatic rings. The third-order valence-corrected chi connectivity index (χ3v) is 8.90. The largest absolute Gasteiger partial charge is 0.346 e. The van der Waals surface area contributed by atoms with Crippen molar-refractivity contribution < 1.29 is 0 Å². The minimum absolute atomic E-state index is 0. The molecule has 0 aliphatic carbocycles. The van der Waals surface area contributed by atoms with Gasteiger partial charge in [-0.25, -0.2) is 4.99 Å². The van der Waals surface area contributed by atoms with Crippen LogP contribution in [0.25, 0.3) is 38.2 Å². The van der Waals surface area contributed by atoms with E-state index >= 15 is 0 Å². The lowest BCUT2D eigenvalue weighted by molar-refractivity contribution is 0.855. The van der Waals surface area contributed by atoms with Crippen LogP contribution in [-0.2, 0) is 0 Å². The maximum absolute atomic E-state index is 5.21. The summed E-state index contributed by atoms with van der Waals surface area (Å²) >= 11 is 0. The molecule has 5 aromatic carbocycles. The number of aliphatic imine (C=N–C) groups is 1. The average Bonchev–Trinajstić information content (AvgIpc) is 3.27. The van der Waals surface area contributed by atoms with E-state index in [1.165, 1.54) is 38.2 Å². The highest BCUT2D eigenvalue weighted by atomic mass is 15.0. The van der Waals surface area contributed by atoms with E-state index < -0.39 is 0 Å². The van der Waals surface area contributed by atoms with Gasteiger partial charge in [0.25, 0.3) is 0 Å². The van der Waals surface area contributed by atoms with Crippen LogP contribution in [0.1, 0.15) is 57.2 Å². The first-order valence-electron chi connectivity index (χ1n) is 17.0.